The molecule has 0 bridgehead atoms. The van der Waals surface area contributed by atoms with Gasteiger partial charge in [-0.15, -0.1) is 0 Å². The molecule has 6 heteroatoms. The van der Waals surface area contributed by atoms with Gasteiger partial charge in [-0.1, -0.05) is 58.0 Å². The van der Waals surface area contributed by atoms with Crippen LogP contribution >= 0.6 is 0 Å². The second-order valence-electron chi connectivity index (χ2n) is 9.09. The SMILES string of the molecule is Cc1cccc(C(C)C)c1NC(=O)C1CCN(S(=O)(=O)c2ccc(C(C)C)cc2)CC1. The van der Waals surface area contributed by atoms with Crippen molar-refractivity contribution >= 4 is 21.6 Å². The maximum absolute atomic E-state index is 13.0. The van der Waals surface area contributed by atoms with Gasteiger partial charge in [0.25, 0.3) is 0 Å². The number of amides is 1. The maximum Gasteiger partial charge on any atom is 0.243 e. The molecule has 2 aromatic carbocycles. The summed E-state index contributed by atoms with van der Waals surface area (Å²) in [5.41, 5.74) is 4.18. The number of sulfonamides is 1. The standard InChI is InChI=1S/C25H34N2O3S/c1-17(2)20-9-11-22(12-10-20)31(29,30)27-15-13-21(14-16-27)25(28)26-24-19(5)7-6-8-23(24)18(3)4/h6-12,17-18,21H,13-16H2,1-5H3,(H,26,28). The first kappa shape index (κ1) is 23.5. The van der Waals surface area contributed by atoms with Gasteiger partial charge in [-0.25, -0.2) is 8.42 Å². The Morgan fingerprint density at radius 1 is 0.968 bits per heavy atom. The first-order valence-corrected chi connectivity index (χ1v) is 12.6. The Hall–Kier alpha value is -2.18. The molecule has 3 rings (SSSR count). The second kappa shape index (κ2) is 9.53. The van der Waals surface area contributed by atoms with Crippen LogP contribution in [0.2, 0.25) is 0 Å². The van der Waals surface area contributed by atoms with Gasteiger partial charge in [-0.3, -0.25) is 4.79 Å². The normalized spacial score (nSPS) is 16.1. The molecule has 0 saturated carbocycles. The van der Waals surface area contributed by atoms with E-state index in [1.54, 1.807) is 12.1 Å². The summed E-state index contributed by atoms with van der Waals surface area (Å²) < 4.78 is 27.6. The smallest absolute Gasteiger partial charge is 0.243 e. The van der Waals surface area contributed by atoms with Gasteiger partial charge in [0.05, 0.1) is 4.90 Å². The maximum atomic E-state index is 13.0. The van der Waals surface area contributed by atoms with E-state index in [1.807, 2.05) is 37.3 Å². The van der Waals surface area contributed by atoms with Crippen LogP contribution in [0.3, 0.4) is 0 Å². The number of nitrogens with zero attached hydrogens (tertiary/aromatic N) is 1. The van der Waals surface area contributed by atoms with Crippen LogP contribution in [0.4, 0.5) is 5.69 Å². The lowest BCUT2D eigenvalue weighted by Gasteiger charge is -2.31. The lowest BCUT2D eigenvalue weighted by atomic mass is 9.95. The van der Waals surface area contributed by atoms with E-state index >= 15 is 0 Å². The van der Waals surface area contributed by atoms with Crippen molar-refractivity contribution in [2.75, 3.05) is 18.4 Å². The molecular weight excluding hydrogens is 408 g/mol. The van der Waals surface area contributed by atoms with Crippen LogP contribution < -0.4 is 5.32 Å². The number of nitrogens with one attached hydrogen (secondary N) is 1. The van der Waals surface area contributed by atoms with Crippen molar-refractivity contribution in [3.63, 3.8) is 0 Å². The van der Waals surface area contributed by atoms with Crippen LogP contribution in [-0.4, -0.2) is 31.7 Å². The van der Waals surface area contributed by atoms with Crippen LogP contribution in [0.1, 0.15) is 69.1 Å². The van der Waals surface area contributed by atoms with Crippen molar-refractivity contribution in [1.82, 2.24) is 4.31 Å². The van der Waals surface area contributed by atoms with Crippen molar-refractivity contribution in [3.05, 3.63) is 59.2 Å². The minimum Gasteiger partial charge on any atom is -0.325 e. The van der Waals surface area contributed by atoms with Crippen LogP contribution in [-0.2, 0) is 14.8 Å². The van der Waals surface area contributed by atoms with Gasteiger partial charge in [-0.05, 0) is 60.4 Å². The number of hydrogen-bond donors (Lipinski definition) is 1. The van der Waals surface area contributed by atoms with Gasteiger partial charge >= 0.3 is 0 Å². The Bertz CT molecular complexity index is 1020. The highest BCUT2D eigenvalue weighted by atomic mass is 32.2. The molecule has 1 fully saturated rings. The highest BCUT2D eigenvalue weighted by molar-refractivity contribution is 7.89. The molecular formula is C25H34N2O3S. The van der Waals surface area contributed by atoms with Crippen LogP contribution in [0.5, 0.6) is 0 Å². The number of piperidine rings is 1. The van der Waals surface area contributed by atoms with Gasteiger partial charge in [0.15, 0.2) is 0 Å². The van der Waals surface area contributed by atoms with E-state index in [0.29, 0.717) is 42.7 Å². The third-order valence-corrected chi connectivity index (χ3v) is 8.10. The predicted molar refractivity (Wildman–Crippen MR) is 126 cm³/mol. The van der Waals surface area contributed by atoms with Crippen LogP contribution in [0.25, 0.3) is 0 Å². The quantitative estimate of drug-likeness (QED) is 0.662. The molecule has 1 aliphatic rings. The Morgan fingerprint density at radius 2 is 1.58 bits per heavy atom. The minimum absolute atomic E-state index is 0.0189. The molecule has 1 N–H and O–H groups in total. The zero-order valence-corrected chi connectivity index (χ0v) is 20.0. The molecule has 0 spiro atoms. The zero-order valence-electron chi connectivity index (χ0n) is 19.2. The topological polar surface area (TPSA) is 66.5 Å². The molecule has 0 unspecified atom stereocenters. The molecule has 31 heavy (non-hydrogen) atoms. The summed E-state index contributed by atoms with van der Waals surface area (Å²) in [5.74, 6) is 0.462. The molecule has 1 heterocycles. The van der Waals surface area contributed by atoms with E-state index in [4.69, 9.17) is 0 Å². The summed E-state index contributed by atoms with van der Waals surface area (Å²) in [6, 6.07) is 13.2. The summed E-state index contributed by atoms with van der Waals surface area (Å²) in [4.78, 5) is 13.3. The molecule has 1 amide bonds. The predicted octanol–water partition coefficient (Wildman–Crippen LogP) is 5.28. The summed E-state index contributed by atoms with van der Waals surface area (Å²) in [6.07, 6.45) is 1.05. The molecule has 0 radical (unpaired) electrons. The van der Waals surface area contributed by atoms with Gasteiger partial charge in [-0.2, -0.15) is 4.31 Å². The van der Waals surface area contributed by atoms with Gasteiger partial charge in [0, 0.05) is 24.7 Å². The number of aryl methyl sites for hydroxylation is 1. The third-order valence-electron chi connectivity index (χ3n) is 6.18. The van der Waals surface area contributed by atoms with E-state index in [1.165, 1.54) is 4.31 Å². The number of para-hydroxylation sites is 1. The third kappa shape index (κ3) is 5.18. The largest absolute Gasteiger partial charge is 0.325 e. The molecule has 168 valence electrons. The van der Waals surface area contributed by atoms with Crippen molar-refractivity contribution in [2.24, 2.45) is 5.92 Å². The van der Waals surface area contributed by atoms with E-state index in [0.717, 1.165) is 22.4 Å². The molecule has 1 saturated heterocycles. The monoisotopic (exact) mass is 442 g/mol. The highest BCUT2D eigenvalue weighted by Gasteiger charge is 2.32. The first-order chi connectivity index (χ1) is 14.6. The average molecular weight is 443 g/mol. The molecule has 0 atom stereocenters. The zero-order chi connectivity index (χ0) is 22.8. The van der Waals surface area contributed by atoms with Gasteiger partial charge in [0.2, 0.25) is 15.9 Å². The molecule has 0 aromatic heterocycles. The van der Waals surface area contributed by atoms with Crippen LogP contribution in [0.15, 0.2) is 47.4 Å². The summed E-state index contributed by atoms with van der Waals surface area (Å²) in [6.45, 7) is 11.1. The molecule has 0 aliphatic carbocycles. The minimum atomic E-state index is -3.54. The summed E-state index contributed by atoms with van der Waals surface area (Å²) in [7, 11) is -3.54. The molecule has 5 nitrogen and oxygen atoms in total. The van der Waals surface area contributed by atoms with Crippen molar-refractivity contribution in [2.45, 2.75) is 64.2 Å². The van der Waals surface area contributed by atoms with E-state index in [-0.39, 0.29) is 11.8 Å². The summed E-state index contributed by atoms with van der Waals surface area (Å²) >= 11 is 0. The number of benzene rings is 2. The van der Waals surface area contributed by atoms with E-state index in [2.05, 4.69) is 33.0 Å². The Kier molecular flexibility index (Phi) is 7.22. The van der Waals surface area contributed by atoms with Crippen molar-refractivity contribution in [3.8, 4) is 0 Å². The number of carbonyl (C=O) groups excluding carboxylic acids is 1. The Labute approximate surface area is 186 Å². The van der Waals surface area contributed by atoms with Gasteiger partial charge < -0.3 is 5.32 Å². The summed E-state index contributed by atoms with van der Waals surface area (Å²) in [5, 5.41) is 3.12. The fraction of sp³-hybridized carbons (Fsp3) is 0.480. The van der Waals surface area contributed by atoms with Crippen LogP contribution in [0, 0.1) is 12.8 Å². The molecule has 1 aliphatic heterocycles. The lowest BCUT2D eigenvalue weighted by Crippen LogP contribution is -2.41. The van der Waals surface area contributed by atoms with Crippen molar-refractivity contribution < 1.29 is 13.2 Å². The van der Waals surface area contributed by atoms with E-state index in [9.17, 15) is 13.2 Å². The number of rotatable bonds is 6. The molecule has 2 aromatic rings. The van der Waals surface area contributed by atoms with Crippen molar-refractivity contribution in [1.29, 1.82) is 0 Å². The second-order valence-corrected chi connectivity index (χ2v) is 11.0. The highest BCUT2D eigenvalue weighted by Crippen LogP contribution is 2.30. The van der Waals surface area contributed by atoms with E-state index < -0.39 is 10.0 Å². The lowest BCUT2D eigenvalue weighted by molar-refractivity contribution is -0.120. The first-order valence-electron chi connectivity index (χ1n) is 11.1. The fourth-order valence-electron chi connectivity index (χ4n) is 4.10. The Balaban J connectivity index is 1.66. The number of anilines is 1. The fourth-order valence-corrected chi connectivity index (χ4v) is 5.57. The number of carbonyl (C=O) groups is 1. The Morgan fingerprint density at radius 3 is 2.13 bits per heavy atom. The van der Waals surface area contributed by atoms with Gasteiger partial charge in [0.1, 0.15) is 0 Å². The number of hydrogen-bond acceptors (Lipinski definition) is 3. The average Bonchev–Trinajstić information content (AvgIpc) is 2.75.